The lowest BCUT2D eigenvalue weighted by molar-refractivity contribution is 0.355. The molecule has 0 aromatic heterocycles. The predicted octanol–water partition coefficient (Wildman–Crippen LogP) is 5.25. The highest BCUT2D eigenvalue weighted by molar-refractivity contribution is 9.10. The summed E-state index contributed by atoms with van der Waals surface area (Å²) in [6.45, 7) is 4.21. The number of hydrogen-bond donors (Lipinski definition) is 0. The van der Waals surface area contributed by atoms with Crippen molar-refractivity contribution >= 4 is 32.9 Å². The average molecular weight is 440 g/mol. The van der Waals surface area contributed by atoms with Crippen LogP contribution in [0.4, 0.5) is 5.69 Å². The molecule has 2 aromatic rings. The maximum absolute atomic E-state index is 5.52. The predicted molar refractivity (Wildman–Crippen MR) is 117 cm³/mol. The summed E-state index contributed by atoms with van der Waals surface area (Å²) in [4.78, 5) is 4.86. The number of rotatable bonds is 4. The van der Waals surface area contributed by atoms with Crippen LogP contribution in [0, 0.1) is 0 Å². The van der Waals surface area contributed by atoms with Crippen LogP contribution in [0.15, 0.2) is 70.0 Å². The second kappa shape index (κ2) is 7.36. The summed E-state index contributed by atoms with van der Waals surface area (Å²) in [7, 11) is 3.30. The smallest absolute Gasteiger partial charge is 0.161 e. The number of allylic oxidation sites excluding steroid dienone is 1. The van der Waals surface area contributed by atoms with E-state index < -0.39 is 0 Å². The molecule has 1 atom stereocenters. The molecular formula is C22H22BrN3O2. The van der Waals surface area contributed by atoms with E-state index in [4.69, 9.17) is 14.5 Å². The molecule has 0 saturated carbocycles. The second-order valence-electron chi connectivity index (χ2n) is 6.72. The van der Waals surface area contributed by atoms with Gasteiger partial charge in [-0.3, -0.25) is 5.01 Å². The van der Waals surface area contributed by atoms with Gasteiger partial charge in [0.05, 0.1) is 25.9 Å². The molecule has 0 amide bonds. The minimum Gasteiger partial charge on any atom is -0.493 e. The standard InChI is InChI=1S/C22H22BrN3O2/c1-14-11-12-25-22(24-14)21(16-5-10-19(27-3)20(13-16)28-4)15(2)26(25)18-8-6-17(23)7-9-18/h5-13,15H,1-4H3. The van der Waals surface area contributed by atoms with Crippen molar-refractivity contribution < 1.29 is 9.47 Å². The van der Waals surface area contributed by atoms with Crippen molar-refractivity contribution in [2.45, 2.75) is 19.9 Å². The molecule has 1 unspecified atom stereocenters. The van der Waals surface area contributed by atoms with Crippen LogP contribution in [0.25, 0.3) is 5.57 Å². The first-order valence-electron chi connectivity index (χ1n) is 9.07. The van der Waals surface area contributed by atoms with Crippen LogP contribution in [-0.2, 0) is 0 Å². The molecule has 28 heavy (non-hydrogen) atoms. The molecule has 2 aliphatic heterocycles. The number of anilines is 1. The maximum Gasteiger partial charge on any atom is 0.161 e. The second-order valence-corrected chi connectivity index (χ2v) is 7.63. The summed E-state index contributed by atoms with van der Waals surface area (Å²) in [5.74, 6) is 2.36. The van der Waals surface area contributed by atoms with Gasteiger partial charge in [0, 0.05) is 22.0 Å². The number of hydrogen-bond acceptors (Lipinski definition) is 5. The molecule has 0 spiro atoms. The Bertz CT molecular complexity index is 995. The number of aliphatic imine (C=N–C) groups is 1. The largest absolute Gasteiger partial charge is 0.493 e. The van der Waals surface area contributed by atoms with Crippen molar-refractivity contribution in [1.82, 2.24) is 5.01 Å². The zero-order valence-electron chi connectivity index (χ0n) is 16.3. The zero-order chi connectivity index (χ0) is 19.8. The van der Waals surface area contributed by atoms with Crippen LogP contribution in [0.5, 0.6) is 11.5 Å². The molecule has 0 radical (unpaired) electrons. The lowest BCUT2D eigenvalue weighted by atomic mass is 9.99. The molecule has 4 rings (SSSR count). The minimum atomic E-state index is 0.0913. The van der Waals surface area contributed by atoms with Gasteiger partial charge in [0.2, 0.25) is 0 Å². The highest BCUT2D eigenvalue weighted by Crippen LogP contribution is 2.43. The Hall–Kier alpha value is -2.73. The Morgan fingerprint density at radius 2 is 1.71 bits per heavy atom. The molecule has 0 N–H and O–H groups in total. The fraction of sp³-hybridized carbons (Fsp3) is 0.227. The van der Waals surface area contributed by atoms with Gasteiger partial charge in [0.15, 0.2) is 17.3 Å². The van der Waals surface area contributed by atoms with Crippen molar-refractivity contribution in [2.24, 2.45) is 4.99 Å². The molecule has 0 fully saturated rings. The van der Waals surface area contributed by atoms with E-state index in [1.807, 2.05) is 25.1 Å². The van der Waals surface area contributed by atoms with E-state index in [-0.39, 0.29) is 6.04 Å². The Balaban J connectivity index is 1.84. The molecular weight excluding hydrogens is 418 g/mol. The molecule has 144 valence electrons. The number of methoxy groups -OCH3 is 2. The van der Waals surface area contributed by atoms with E-state index in [0.717, 1.165) is 32.8 Å². The molecule has 2 aliphatic rings. The SMILES string of the molecule is COc1ccc(C2=C3N=C(C)C=CN3N(c3ccc(Br)cc3)C2C)cc1OC. The van der Waals surface area contributed by atoms with E-state index in [2.05, 4.69) is 69.4 Å². The third-order valence-corrected chi connectivity index (χ3v) is 5.53. The molecule has 5 nitrogen and oxygen atoms in total. The van der Waals surface area contributed by atoms with Gasteiger partial charge >= 0.3 is 0 Å². The van der Waals surface area contributed by atoms with Crippen LogP contribution in [0.3, 0.4) is 0 Å². The third-order valence-electron chi connectivity index (χ3n) is 5.00. The van der Waals surface area contributed by atoms with Crippen molar-refractivity contribution in [2.75, 3.05) is 19.2 Å². The third kappa shape index (κ3) is 3.07. The Kier molecular flexibility index (Phi) is 4.89. The molecule has 6 heteroatoms. The van der Waals surface area contributed by atoms with Crippen molar-refractivity contribution in [3.8, 4) is 11.5 Å². The van der Waals surface area contributed by atoms with Crippen LogP contribution < -0.4 is 14.5 Å². The normalized spacial score (nSPS) is 18.3. The van der Waals surface area contributed by atoms with Gasteiger partial charge in [-0.05, 0) is 61.9 Å². The molecule has 0 aliphatic carbocycles. The quantitative estimate of drug-likeness (QED) is 0.651. The summed E-state index contributed by atoms with van der Waals surface area (Å²) in [5.41, 5.74) is 4.29. The summed E-state index contributed by atoms with van der Waals surface area (Å²) < 4.78 is 12.0. The molecule has 2 heterocycles. The number of halogens is 1. The van der Waals surface area contributed by atoms with Crippen LogP contribution in [0.1, 0.15) is 19.4 Å². The minimum absolute atomic E-state index is 0.0913. The van der Waals surface area contributed by atoms with Crippen molar-refractivity contribution in [1.29, 1.82) is 0 Å². The summed E-state index contributed by atoms with van der Waals surface area (Å²) in [5, 5.41) is 4.37. The van der Waals surface area contributed by atoms with Crippen LogP contribution in [-0.4, -0.2) is 31.0 Å². The maximum atomic E-state index is 5.52. The van der Waals surface area contributed by atoms with Gasteiger partial charge < -0.3 is 9.47 Å². The van der Waals surface area contributed by atoms with Gasteiger partial charge in [-0.2, -0.15) is 0 Å². The number of hydrazine groups is 1. The summed E-state index contributed by atoms with van der Waals surface area (Å²) in [6.07, 6.45) is 4.10. The van der Waals surface area contributed by atoms with Crippen LogP contribution in [0.2, 0.25) is 0 Å². The first kappa shape index (κ1) is 18.6. The van der Waals surface area contributed by atoms with E-state index in [1.54, 1.807) is 14.2 Å². The first-order valence-corrected chi connectivity index (χ1v) is 9.86. The topological polar surface area (TPSA) is 37.3 Å². The number of benzene rings is 2. The average Bonchev–Trinajstić information content (AvgIpc) is 2.99. The number of fused-ring (bicyclic) bond motifs is 1. The van der Waals surface area contributed by atoms with Gasteiger partial charge in [0.1, 0.15) is 0 Å². The van der Waals surface area contributed by atoms with Gasteiger partial charge in [-0.25, -0.2) is 10.0 Å². The van der Waals surface area contributed by atoms with Crippen LogP contribution >= 0.6 is 15.9 Å². The van der Waals surface area contributed by atoms with E-state index >= 15 is 0 Å². The highest BCUT2D eigenvalue weighted by atomic mass is 79.9. The zero-order valence-corrected chi connectivity index (χ0v) is 17.9. The van der Waals surface area contributed by atoms with E-state index in [1.165, 1.54) is 0 Å². The monoisotopic (exact) mass is 439 g/mol. The summed E-state index contributed by atoms with van der Waals surface area (Å²) >= 11 is 3.52. The first-order chi connectivity index (χ1) is 13.5. The van der Waals surface area contributed by atoms with E-state index in [0.29, 0.717) is 11.5 Å². The molecule has 0 saturated heterocycles. The molecule has 0 bridgehead atoms. The van der Waals surface area contributed by atoms with Crippen molar-refractivity contribution in [3.63, 3.8) is 0 Å². The van der Waals surface area contributed by atoms with E-state index in [9.17, 15) is 0 Å². The van der Waals surface area contributed by atoms with Gasteiger partial charge in [-0.15, -0.1) is 0 Å². The van der Waals surface area contributed by atoms with Crippen molar-refractivity contribution in [3.05, 3.63) is 70.6 Å². The Labute approximate surface area is 173 Å². The fourth-order valence-electron chi connectivity index (χ4n) is 3.67. The fourth-order valence-corrected chi connectivity index (χ4v) is 3.94. The van der Waals surface area contributed by atoms with Gasteiger partial charge in [0.25, 0.3) is 0 Å². The van der Waals surface area contributed by atoms with Gasteiger partial charge in [-0.1, -0.05) is 22.0 Å². The Morgan fingerprint density at radius 3 is 2.39 bits per heavy atom. The lowest BCUT2D eigenvalue weighted by Gasteiger charge is -2.34. The lowest BCUT2D eigenvalue weighted by Crippen LogP contribution is -2.39. The number of nitrogens with zero attached hydrogens (tertiary/aromatic N) is 3. The number of ether oxygens (including phenoxy) is 2. The Morgan fingerprint density at radius 1 is 1.00 bits per heavy atom. The molecule has 2 aromatic carbocycles. The highest BCUT2D eigenvalue weighted by Gasteiger charge is 2.37. The summed E-state index contributed by atoms with van der Waals surface area (Å²) in [6, 6.07) is 14.4.